The van der Waals surface area contributed by atoms with Crippen LogP contribution in [0.3, 0.4) is 0 Å². The first-order chi connectivity index (χ1) is 7.29. The molecular weight excluding hydrogens is 182 g/mol. The fraction of sp³-hybridized carbons (Fsp3) is 0.429. The van der Waals surface area contributed by atoms with Crippen LogP contribution in [0.15, 0.2) is 43.0 Å². The van der Waals surface area contributed by atoms with E-state index in [1.807, 2.05) is 0 Å². The molecule has 2 rings (SSSR count). The Kier molecular flexibility index (Phi) is 3.22. The first kappa shape index (κ1) is 10.4. The molecule has 0 spiro atoms. The zero-order chi connectivity index (χ0) is 10.7. The van der Waals surface area contributed by atoms with Gasteiger partial charge in [-0.1, -0.05) is 43.3 Å². The van der Waals surface area contributed by atoms with Gasteiger partial charge in [0.1, 0.15) is 0 Å². The van der Waals surface area contributed by atoms with E-state index in [9.17, 15) is 0 Å². The monoisotopic (exact) mass is 201 g/mol. The molecule has 2 atom stereocenters. The summed E-state index contributed by atoms with van der Waals surface area (Å²) in [6.45, 7) is 9.67. The summed E-state index contributed by atoms with van der Waals surface area (Å²) >= 11 is 0. The third-order valence-electron chi connectivity index (χ3n) is 3.30. The predicted octanol–water partition coefficient (Wildman–Crippen LogP) is 2.94. The molecule has 0 unspecified atom stereocenters. The minimum Gasteiger partial charge on any atom is -0.298 e. The molecule has 0 saturated carbocycles. The highest BCUT2D eigenvalue weighted by Crippen LogP contribution is 2.24. The van der Waals surface area contributed by atoms with Crippen LogP contribution in [0.1, 0.15) is 12.5 Å². The van der Waals surface area contributed by atoms with Crippen molar-refractivity contribution in [3.8, 4) is 0 Å². The summed E-state index contributed by atoms with van der Waals surface area (Å²) in [5.74, 6) is 1.43. The average Bonchev–Trinajstić information content (AvgIpc) is 2.60. The van der Waals surface area contributed by atoms with Crippen LogP contribution in [-0.4, -0.2) is 18.0 Å². The van der Waals surface area contributed by atoms with Gasteiger partial charge in [-0.15, -0.1) is 6.58 Å². The Morgan fingerprint density at radius 2 is 2.07 bits per heavy atom. The van der Waals surface area contributed by atoms with Gasteiger partial charge >= 0.3 is 0 Å². The van der Waals surface area contributed by atoms with Crippen molar-refractivity contribution >= 4 is 0 Å². The van der Waals surface area contributed by atoms with E-state index in [1.165, 1.54) is 18.7 Å². The quantitative estimate of drug-likeness (QED) is 0.680. The van der Waals surface area contributed by atoms with Crippen molar-refractivity contribution in [1.82, 2.24) is 4.90 Å². The maximum Gasteiger partial charge on any atom is 0.0234 e. The van der Waals surface area contributed by atoms with Crippen LogP contribution in [0.4, 0.5) is 0 Å². The van der Waals surface area contributed by atoms with E-state index in [0.717, 1.165) is 12.5 Å². The van der Waals surface area contributed by atoms with Crippen molar-refractivity contribution in [2.24, 2.45) is 11.8 Å². The second kappa shape index (κ2) is 4.63. The number of nitrogens with zero attached hydrogens (tertiary/aromatic N) is 1. The molecule has 1 fully saturated rings. The van der Waals surface area contributed by atoms with Gasteiger partial charge in [0.05, 0.1) is 0 Å². The average molecular weight is 201 g/mol. The molecule has 1 aliphatic rings. The number of likely N-dealkylation sites (tertiary alicyclic amines) is 1. The van der Waals surface area contributed by atoms with Gasteiger partial charge in [-0.25, -0.2) is 0 Å². The van der Waals surface area contributed by atoms with Crippen LogP contribution < -0.4 is 0 Å². The van der Waals surface area contributed by atoms with Crippen molar-refractivity contribution in [2.75, 3.05) is 13.1 Å². The molecule has 1 aromatic carbocycles. The molecule has 1 nitrogen and oxygen atoms in total. The Balaban J connectivity index is 1.95. The van der Waals surface area contributed by atoms with Gasteiger partial charge < -0.3 is 0 Å². The van der Waals surface area contributed by atoms with E-state index < -0.39 is 0 Å². The summed E-state index contributed by atoms with van der Waals surface area (Å²) in [7, 11) is 0. The summed E-state index contributed by atoms with van der Waals surface area (Å²) in [6, 6.07) is 10.7. The summed E-state index contributed by atoms with van der Waals surface area (Å²) in [5.41, 5.74) is 1.41. The molecule has 15 heavy (non-hydrogen) atoms. The van der Waals surface area contributed by atoms with Gasteiger partial charge in [-0.2, -0.15) is 0 Å². The van der Waals surface area contributed by atoms with E-state index in [4.69, 9.17) is 0 Å². The lowest BCUT2D eigenvalue weighted by Crippen LogP contribution is -2.19. The van der Waals surface area contributed by atoms with Crippen LogP contribution in [0, 0.1) is 11.8 Å². The second-order valence-electron chi connectivity index (χ2n) is 4.56. The van der Waals surface area contributed by atoms with Crippen molar-refractivity contribution in [1.29, 1.82) is 0 Å². The summed E-state index contributed by atoms with van der Waals surface area (Å²) in [4.78, 5) is 2.52. The van der Waals surface area contributed by atoms with Gasteiger partial charge in [-0.3, -0.25) is 4.90 Å². The van der Waals surface area contributed by atoms with E-state index in [-0.39, 0.29) is 0 Å². The predicted molar refractivity (Wildman–Crippen MR) is 64.6 cm³/mol. The Morgan fingerprint density at radius 3 is 2.67 bits per heavy atom. The number of hydrogen-bond acceptors (Lipinski definition) is 1. The maximum atomic E-state index is 3.91. The molecule has 1 heterocycles. The molecule has 1 saturated heterocycles. The number of hydrogen-bond donors (Lipinski definition) is 0. The molecular formula is C14H19N. The fourth-order valence-corrected chi connectivity index (χ4v) is 2.37. The van der Waals surface area contributed by atoms with Gasteiger partial charge in [0, 0.05) is 19.6 Å². The molecule has 0 bridgehead atoms. The second-order valence-corrected chi connectivity index (χ2v) is 4.56. The van der Waals surface area contributed by atoms with Crippen LogP contribution in [0.5, 0.6) is 0 Å². The molecule has 1 heteroatoms. The van der Waals surface area contributed by atoms with E-state index >= 15 is 0 Å². The van der Waals surface area contributed by atoms with Gasteiger partial charge in [-0.05, 0) is 17.4 Å². The molecule has 1 aliphatic heterocycles. The first-order valence-electron chi connectivity index (χ1n) is 5.68. The first-order valence-corrected chi connectivity index (χ1v) is 5.68. The largest absolute Gasteiger partial charge is 0.298 e. The summed E-state index contributed by atoms with van der Waals surface area (Å²) < 4.78 is 0. The molecule has 1 aromatic rings. The van der Waals surface area contributed by atoms with Gasteiger partial charge in [0.2, 0.25) is 0 Å². The van der Waals surface area contributed by atoms with Crippen molar-refractivity contribution in [3.05, 3.63) is 48.6 Å². The fourth-order valence-electron chi connectivity index (χ4n) is 2.37. The molecule has 80 valence electrons. The Bertz CT molecular complexity index is 317. The SMILES string of the molecule is C=C[C@H]1CN(Cc2ccccc2)C[C@@H]1C. The highest BCUT2D eigenvalue weighted by molar-refractivity contribution is 5.14. The smallest absolute Gasteiger partial charge is 0.0234 e. The van der Waals surface area contributed by atoms with E-state index in [0.29, 0.717) is 5.92 Å². The standard InChI is InChI=1S/C14H19N/c1-3-14-11-15(9-12(14)2)10-13-7-5-4-6-8-13/h3-8,12,14H,1,9-11H2,2H3/t12-,14-/m0/s1. The summed E-state index contributed by atoms with van der Waals surface area (Å²) in [6.07, 6.45) is 2.11. The zero-order valence-corrected chi connectivity index (χ0v) is 9.39. The van der Waals surface area contributed by atoms with Gasteiger partial charge in [0.15, 0.2) is 0 Å². The van der Waals surface area contributed by atoms with Crippen molar-refractivity contribution in [3.63, 3.8) is 0 Å². The van der Waals surface area contributed by atoms with Crippen LogP contribution in [0.2, 0.25) is 0 Å². The molecule has 0 aliphatic carbocycles. The van der Waals surface area contributed by atoms with Crippen molar-refractivity contribution in [2.45, 2.75) is 13.5 Å². The third kappa shape index (κ3) is 2.48. The molecule has 0 radical (unpaired) electrons. The number of benzene rings is 1. The third-order valence-corrected chi connectivity index (χ3v) is 3.30. The van der Waals surface area contributed by atoms with E-state index in [2.05, 4.69) is 54.8 Å². The Morgan fingerprint density at radius 1 is 1.33 bits per heavy atom. The zero-order valence-electron chi connectivity index (χ0n) is 9.39. The van der Waals surface area contributed by atoms with Crippen molar-refractivity contribution < 1.29 is 0 Å². The van der Waals surface area contributed by atoms with Crippen LogP contribution in [0.25, 0.3) is 0 Å². The summed E-state index contributed by atoms with van der Waals surface area (Å²) in [5, 5.41) is 0. The minimum absolute atomic E-state index is 0.675. The van der Waals surface area contributed by atoms with Gasteiger partial charge in [0.25, 0.3) is 0 Å². The van der Waals surface area contributed by atoms with E-state index in [1.54, 1.807) is 0 Å². The lowest BCUT2D eigenvalue weighted by molar-refractivity contribution is 0.318. The minimum atomic E-state index is 0.675. The van der Waals surface area contributed by atoms with Crippen LogP contribution >= 0.6 is 0 Å². The molecule has 0 aromatic heterocycles. The normalized spacial score (nSPS) is 26.7. The topological polar surface area (TPSA) is 3.24 Å². The molecule has 0 amide bonds. The lowest BCUT2D eigenvalue weighted by Gasteiger charge is -2.15. The van der Waals surface area contributed by atoms with Crippen LogP contribution in [-0.2, 0) is 6.54 Å². The maximum absolute atomic E-state index is 3.91. The Hall–Kier alpha value is -1.08. The lowest BCUT2D eigenvalue weighted by atomic mass is 9.99. The molecule has 0 N–H and O–H groups in total. The highest BCUT2D eigenvalue weighted by atomic mass is 15.1. The highest BCUT2D eigenvalue weighted by Gasteiger charge is 2.26. The number of rotatable bonds is 3. The Labute approximate surface area is 92.4 Å².